The number of ketones is 1. The SMILES string of the molecule is CC(C)CC(NC(=O)[C@@H]1CCCN1C(=O)[C@H](C)NC(=O)[C@@H](C)NC(=O)[C@H](C)NC(=O)OC(C)(C)C)C(=O)CCl. The molecule has 12 nitrogen and oxygen atoms in total. The van der Waals surface area contributed by atoms with Crippen molar-refractivity contribution in [3.05, 3.63) is 0 Å². The number of hydrogen-bond donors (Lipinski definition) is 4. The molecule has 0 bridgehead atoms. The predicted octanol–water partition coefficient (Wildman–Crippen LogP) is 1.24. The molecule has 1 fully saturated rings. The Morgan fingerprint density at radius 1 is 0.872 bits per heavy atom. The summed E-state index contributed by atoms with van der Waals surface area (Å²) >= 11 is 5.71. The number of nitrogens with zero attached hydrogens (tertiary/aromatic N) is 1. The molecule has 13 heteroatoms. The molecule has 0 aliphatic carbocycles. The van der Waals surface area contributed by atoms with Crippen molar-refractivity contribution in [2.45, 2.75) is 110 Å². The van der Waals surface area contributed by atoms with E-state index < -0.39 is 65.5 Å². The lowest BCUT2D eigenvalue weighted by atomic mass is 10.0. The van der Waals surface area contributed by atoms with Crippen molar-refractivity contribution in [3.63, 3.8) is 0 Å². The van der Waals surface area contributed by atoms with Gasteiger partial charge in [-0.2, -0.15) is 0 Å². The molecule has 1 aliphatic heterocycles. The molecule has 0 radical (unpaired) electrons. The van der Waals surface area contributed by atoms with Crippen LogP contribution in [0.15, 0.2) is 0 Å². The van der Waals surface area contributed by atoms with Crippen molar-refractivity contribution >= 4 is 47.1 Å². The number of alkyl halides is 1. The topological polar surface area (TPSA) is 163 Å². The molecule has 1 unspecified atom stereocenters. The molecule has 0 aromatic heterocycles. The van der Waals surface area contributed by atoms with Crippen LogP contribution < -0.4 is 21.3 Å². The normalized spacial score (nSPS) is 18.4. The average molecular weight is 574 g/mol. The number of alkyl carbamates (subject to hydrolysis) is 1. The van der Waals surface area contributed by atoms with Gasteiger partial charge in [0.05, 0.1) is 11.9 Å². The Bertz CT molecular complexity index is 921. The van der Waals surface area contributed by atoms with Crippen molar-refractivity contribution < 1.29 is 33.5 Å². The minimum atomic E-state index is -1.01. The maximum Gasteiger partial charge on any atom is 0.408 e. The van der Waals surface area contributed by atoms with E-state index in [1.165, 1.54) is 25.7 Å². The van der Waals surface area contributed by atoms with Gasteiger partial charge in [0.15, 0.2) is 5.78 Å². The molecule has 5 atom stereocenters. The summed E-state index contributed by atoms with van der Waals surface area (Å²) < 4.78 is 5.12. The molecule has 4 N–H and O–H groups in total. The van der Waals surface area contributed by atoms with Crippen LogP contribution in [-0.4, -0.2) is 88.6 Å². The third-order valence-corrected chi connectivity index (χ3v) is 6.25. The van der Waals surface area contributed by atoms with Gasteiger partial charge in [-0.25, -0.2) is 4.79 Å². The summed E-state index contributed by atoms with van der Waals surface area (Å²) in [5.41, 5.74) is -0.734. The molecule has 1 rings (SSSR count). The Balaban J connectivity index is 2.71. The molecule has 1 saturated heterocycles. The van der Waals surface area contributed by atoms with E-state index in [1.807, 2.05) is 13.8 Å². The molecule has 5 amide bonds. The van der Waals surface area contributed by atoms with Gasteiger partial charge < -0.3 is 30.9 Å². The van der Waals surface area contributed by atoms with E-state index in [-0.39, 0.29) is 17.6 Å². The van der Waals surface area contributed by atoms with E-state index in [4.69, 9.17) is 16.3 Å². The van der Waals surface area contributed by atoms with Crippen molar-refractivity contribution in [3.8, 4) is 0 Å². The van der Waals surface area contributed by atoms with Gasteiger partial charge in [-0.3, -0.25) is 24.0 Å². The lowest BCUT2D eigenvalue weighted by molar-refractivity contribution is -0.142. The molecule has 1 aliphatic rings. The predicted molar refractivity (Wildman–Crippen MR) is 146 cm³/mol. The lowest BCUT2D eigenvalue weighted by Crippen LogP contribution is -2.57. The van der Waals surface area contributed by atoms with E-state index in [1.54, 1.807) is 20.8 Å². The highest BCUT2D eigenvalue weighted by atomic mass is 35.5. The first kappa shape index (κ1) is 34.1. The second kappa shape index (κ2) is 15.0. The van der Waals surface area contributed by atoms with Crippen LogP contribution in [0.2, 0.25) is 0 Å². The molecule has 0 spiro atoms. The standard InChI is InChI=1S/C26H44ClN5O7/c1-14(2)12-18(20(33)13-27)31-23(36)19-10-9-11-32(19)24(37)17(5)29-21(34)15(3)28-22(35)16(4)30-25(38)39-26(6,7)8/h14-19H,9-13H2,1-8H3,(H,28,35)(H,29,34)(H,30,38)(H,31,36)/t15-,16+,17+,18?,19+/m1/s1. The van der Waals surface area contributed by atoms with Crippen LogP contribution in [0.25, 0.3) is 0 Å². The van der Waals surface area contributed by atoms with Gasteiger partial charge in [0.25, 0.3) is 0 Å². The molecular formula is C26H44ClN5O7. The van der Waals surface area contributed by atoms with Gasteiger partial charge in [0.1, 0.15) is 29.8 Å². The molecular weight excluding hydrogens is 530 g/mol. The van der Waals surface area contributed by atoms with Crippen LogP contribution in [0.3, 0.4) is 0 Å². The van der Waals surface area contributed by atoms with Gasteiger partial charge in [-0.1, -0.05) is 13.8 Å². The lowest BCUT2D eigenvalue weighted by Gasteiger charge is -2.29. The highest BCUT2D eigenvalue weighted by Crippen LogP contribution is 2.19. The van der Waals surface area contributed by atoms with Crippen molar-refractivity contribution in [2.24, 2.45) is 5.92 Å². The summed E-state index contributed by atoms with van der Waals surface area (Å²) in [6, 6.07) is -4.46. The number of amides is 5. The summed E-state index contributed by atoms with van der Waals surface area (Å²) in [7, 11) is 0. The van der Waals surface area contributed by atoms with Gasteiger partial charge in [0, 0.05) is 6.54 Å². The largest absolute Gasteiger partial charge is 0.444 e. The molecule has 222 valence electrons. The van der Waals surface area contributed by atoms with Gasteiger partial charge in [-0.15, -0.1) is 11.6 Å². The Labute approximate surface area is 235 Å². The molecule has 0 aromatic rings. The fourth-order valence-electron chi connectivity index (χ4n) is 4.01. The molecule has 0 aromatic carbocycles. The van der Waals surface area contributed by atoms with Crippen molar-refractivity contribution in [2.75, 3.05) is 12.4 Å². The van der Waals surface area contributed by atoms with Gasteiger partial charge >= 0.3 is 6.09 Å². The zero-order chi connectivity index (χ0) is 30.1. The minimum Gasteiger partial charge on any atom is -0.444 e. The van der Waals surface area contributed by atoms with Crippen LogP contribution in [0.5, 0.6) is 0 Å². The number of nitrogens with one attached hydrogen (secondary N) is 4. The first-order valence-electron chi connectivity index (χ1n) is 13.3. The highest BCUT2D eigenvalue weighted by Gasteiger charge is 2.38. The summed E-state index contributed by atoms with van der Waals surface area (Å²) in [6.45, 7) is 13.6. The third kappa shape index (κ3) is 11.4. The fourth-order valence-corrected chi connectivity index (χ4v) is 4.20. The number of likely N-dealkylation sites (tertiary alicyclic amines) is 1. The van der Waals surface area contributed by atoms with Crippen LogP contribution in [0.4, 0.5) is 4.79 Å². The van der Waals surface area contributed by atoms with E-state index >= 15 is 0 Å². The molecule has 39 heavy (non-hydrogen) atoms. The van der Waals surface area contributed by atoms with Crippen LogP contribution in [0.1, 0.15) is 74.7 Å². The number of Topliss-reactive ketones (excluding diaryl/α,β-unsaturated/α-hetero) is 1. The van der Waals surface area contributed by atoms with Gasteiger partial charge in [0.2, 0.25) is 23.6 Å². The number of carbonyl (C=O) groups is 6. The first-order chi connectivity index (χ1) is 18.0. The van der Waals surface area contributed by atoms with Gasteiger partial charge in [-0.05, 0) is 66.7 Å². The molecule has 1 heterocycles. The zero-order valence-electron chi connectivity index (χ0n) is 24.2. The average Bonchev–Trinajstić information content (AvgIpc) is 3.30. The number of rotatable bonds is 12. The smallest absolute Gasteiger partial charge is 0.408 e. The van der Waals surface area contributed by atoms with Crippen LogP contribution in [0, 0.1) is 5.92 Å². The van der Waals surface area contributed by atoms with E-state index in [0.29, 0.717) is 25.8 Å². The van der Waals surface area contributed by atoms with Crippen LogP contribution in [-0.2, 0) is 28.7 Å². The maximum atomic E-state index is 13.1. The van der Waals surface area contributed by atoms with E-state index in [2.05, 4.69) is 21.3 Å². The quantitative estimate of drug-likeness (QED) is 0.255. The summed E-state index contributed by atoms with van der Waals surface area (Å²) in [5.74, 6) is -2.48. The number of ether oxygens (including phenoxy) is 1. The van der Waals surface area contributed by atoms with Crippen molar-refractivity contribution in [1.82, 2.24) is 26.2 Å². The Morgan fingerprint density at radius 3 is 1.92 bits per heavy atom. The number of hydrogen-bond acceptors (Lipinski definition) is 7. The summed E-state index contributed by atoms with van der Waals surface area (Å²) in [4.78, 5) is 76.7. The van der Waals surface area contributed by atoms with Crippen molar-refractivity contribution in [1.29, 1.82) is 0 Å². The summed E-state index contributed by atoms with van der Waals surface area (Å²) in [5, 5.41) is 10.2. The fraction of sp³-hybridized carbons (Fsp3) is 0.769. The Hall–Kier alpha value is -2.89. The summed E-state index contributed by atoms with van der Waals surface area (Å²) in [6.07, 6.45) is 0.683. The highest BCUT2D eigenvalue weighted by molar-refractivity contribution is 6.28. The van der Waals surface area contributed by atoms with Crippen LogP contribution >= 0.6 is 11.6 Å². The Morgan fingerprint density at radius 2 is 1.41 bits per heavy atom. The first-order valence-corrected chi connectivity index (χ1v) is 13.8. The second-order valence-corrected chi connectivity index (χ2v) is 11.6. The molecule has 0 saturated carbocycles. The Kier molecular flexibility index (Phi) is 13.2. The van der Waals surface area contributed by atoms with E-state index in [0.717, 1.165) is 0 Å². The number of halogens is 1. The number of carbonyl (C=O) groups excluding carboxylic acids is 6. The zero-order valence-corrected chi connectivity index (χ0v) is 24.9. The third-order valence-electron chi connectivity index (χ3n) is 5.99. The monoisotopic (exact) mass is 573 g/mol. The minimum absolute atomic E-state index is 0.151. The van der Waals surface area contributed by atoms with E-state index in [9.17, 15) is 28.8 Å². The maximum absolute atomic E-state index is 13.1. The second-order valence-electron chi connectivity index (χ2n) is 11.3.